The molecule has 0 bridgehead atoms. The number of hydrogen-bond acceptors (Lipinski definition) is 6. The lowest BCUT2D eigenvalue weighted by Crippen LogP contribution is -2.13. The van der Waals surface area contributed by atoms with E-state index in [2.05, 4.69) is 27.8 Å². The van der Waals surface area contributed by atoms with Crippen molar-refractivity contribution in [2.75, 3.05) is 16.4 Å². The fourth-order valence-corrected chi connectivity index (χ4v) is 4.07. The Hall–Kier alpha value is -2.71. The SMILES string of the molecule is CCc1ccc(NC(=O)CSc2nnc(NC(=O)c3ccc(C)c(C)c3)s2)cc1. The second kappa shape index (κ2) is 9.67. The summed E-state index contributed by atoms with van der Waals surface area (Å²) in [6.45, 7) is 6.06. The molecule has 1 heterocycles. The van der Waals surface area contributed by atoms with Gasteiger partial charge in [0, 0.05) is 11.3 Å². The third kappa shape index (κ3) is 5.88. The number of carbonyl (C=O) groups excluding carboxylic acids is 2. The van der Waals surface area contributed by atoms with Gasteiger partial charge in [-0.3, -0.25) is 14.9 Å². The van der Waals surface area contributed by atoms with Gasteiger partial charge in [-0.2, -0.15) is 0 Å². The molecule has 2 N–H and O–H groups in total. The Morgan fingerprint density at radius 1 is 1.00 bits per heavy atom. The van der Waals surface area contributed by atoms with E-state index in [-0.39, 0.29) is 17.6 Å². The van der Waals surface area contributed by atoms with E-state index < -0.39 is 0 Å². The van der Waals surface area contributed by atoms with Gasteiger partial charge in [0.05, 0.1) is 5.75 Å². The highest BCUT2D eigenvalue weighted by atomic mass is 32.2. The number of thioether (sulfide) groups is 1. The van der Waals surface area contributed by atoms with Crippen LogP contribution in [0.1, 0.15) is 34.0 Å². The normalized spacial score (nSPS) is 10.6. The van der Waals surface area contributed by atoms with Crippen molar-refractivity contribution in [2.45, 2.75) is 31.5 Å². The van der Waals surface area contributed by atoms with Crippen LogP contribution in [0.4, 0.5) is 10.8 Å². The van der Waals surface area contributed by atoms with Gasteiger partial charge >= 0.3 is 0 Å². The molecule has 0 saturated heterocycles. The van der Waals surface area contributed by atoms with Crippen molar-refractivity contribution in [3.63, 3.8) is 0 Å². The topological polar surface area (TPSA) is 84.0 Å². The van der Waals surface area contributed by atoms with Crippen LogP contribution in [0.25, 0.3) is 0 Å². The minimum atomic E-state index is -0.228. The van der Waals surface area contributed by atoms with Gasteiger partial charge in [0.15, 0.2) is 4.34 Å². The number of nitrogens with zero attached hydrogens (tertiary/aromatic N) is 2. The minimum Gasteiger partial charge on any atom is -0.325 e. The largest absolute Gasteiger partial charge is 0.325 e. The third-order valence-electron chi connectivity index (χ3n) is 4.37. The first kappa shape index (κ1) is 21.0. The molecule has 0 atom stereocenters. The van der Waals surface area contributed by atoms with Gasteiger partial charge in [-0.05, 0) is 61.2 Å². The van der Waals surface area contributed by atoms with E-state index >= 15 is 0 Å². The average Bonchev–Trinajstić information content (AvgIpc) is 3.16. The smallest absolute Gasteiger partial charge is 0.257 e. The zero-order valence-electron chi connectivity index (χ0n) is 16.5. The molecular formula is C21H22N4O2S2. The fraction of sp³-hybridized carbons (Fsp3) is 0.238. The van der Waals surface area contributed by atoms with Crippen LogP contribution in [0, 0.1) is 13.8 Å². The Kier molecular flexibility index (Phi) is 7.00. The maximum atomic E-state index is 12.4. The molecule has 2 amide bonds. The molecule has 6 nitrogen and oxygen atoms in total. The number of rotatable bonds is 7. The number of hydrogen-bond donors (Lipinski definition) is 2. The van der Waals surface area contributed by atoms with Gasteiger partial charge in [-0.25, -0.2) is 0 Å². The Balaban J connectivity index is 1.51. The van der Waals surface area contributed by atoms with E-state index in [1.165, 1.54) is 28.7 Å². The summed E-state index contributed by atoms with van der Waals surface area (Å²) >= 11 is 2.53. The zero-order valence-corrected chi connectivity index (χ0v) is 18.1. The van der Waals surface area contributed by atoms with E-state index in [1.807, 2.05) is 50.2 Å². The van der Waals surface area contributed by atoms with Gasteiger partial charge in [-0.15, -0.1) is 10.2 Å². The molecule has 0 saturated carbocycles. The highest BCUT2D eigenvalue weighted by Gasteiger charge is 2.12. The molecule has 0 aliphatic carbocycles. The summed E-state index contributed by atoms with van der Waals surface area (Å²) in [5.74, 6) is -0.126. The number of aromatic nitrogens is 2. The highest BCUT2D eigenvalue weighted by molar-refractivity contribution is 8.01. The Morgan fingerprint density at radius 3 is 2.45 bits per heavy atom. The quantitative estimate of drug-likeness (QED) is 0.423. The van der Waals surface area contributed by atoms with Gasteiger partial charge in [0.25, 0.3) is 5.91 Å². The molecule has 3 rings (SSSR count). The predicted octanol–water partition coefficient (Wildman–Crippen LogP) is 4.70. The van der Waals surface area contributed by atoms with Crippen molar-refractivity contribution in [3.05, 3.63) is 64.7 Å². The second-order valence-corrected chi connectivity index (χ2v) is 8.71. The third-order valence-corrected chi connectivity index (χ3v) is 6.34. The molecular weight excluding hydrogens is 404 g/mol. The number of anilines is 2. The summed E-state index contributed by atoms with van der Waals surface area (Å²) in [5.41, 5.74) is 4.76. The van der Waals surface area contributed by atoms with E-state index in [9.17, 15) is 9.59 Å². The molecule has 0 unspecified atom stereocenters. The molecule has 3 aromatic rings. The van der Waals surface area contributed by atoms with Crippen LogP contribution < -0.4 is 10.6 Å². The van der Waals surface area contributed by atoms with E-state index in [4.69, 9.17) is 0 Å². The monoisotopic (exact) mass is 426 g/mol. The maximum absolute atomic E-state index is 12.4. The summed E-state index contributed by atoms with van der Waals surface area (Å²) in [6, 6.07) is 13.3. The van der Waals surface area contributed by atoms with Gasteiger partial charge in [0.2, 0.25) is 11.0 Å². The van der Waals surface area contributed by atoms with Crippen LogP contribution in [0.15, 0.2) is 46.8 Å². The van der Waals surface area contributed by atoms with Crippen LogP contribution in [0.3, 0.4) is 0 Å². The van der Waals surface area contributed by atoms with Crippen molar-refractivity contribution in [2.24, 2.45) is 0 Å². The standard InChI is InChI=1S/C21H22N4O2S2/c1-4-15-6-9-17(10-7-15)22-18(26)12-28-21-25-24-20(29-21)23-19(27)16-8-5-13(2)14(3)11-16/h5-11H,4,12H2,1-3H3,(H,22,26)(H,23,24,27). The minimum absolute atomic E-state index is 0.116. The lowest BCUT2D eigenvalue weighted by molar-refractivity contribution is -0.113. The molecule has 0 aliphatic heterocycles. The zero-order chi connectivity index (χ0) is 20.8. The molecule has 1 aromatic heterocycles. The summed E-state index contributed by atoms with van der Waals surface area (Å²) in [4.78, 5) is 24.5. The van der Waals surface area contributed by atoms with Crippen molar-refractivity contribution in [3.8, 4) is 0 Å². The first-order valence-electron chi connectivity index (χ1n) is 9.18. The molecule has 0 aliphatic rings. The van der Waals surface area contributed by atoms with Crippen molar-refractivity contribution in [1.82, 2.24) is 10.2 Å². The van der Waals surface area contributed by atoms with Crippen LogP contribution >= 0.6 is 23.1 Å². The Labute approximate surface area is 178 Å². The van der Waals surface area contributed by atoms with Gasteiger partial charge in [-0.1, -0.05) is 48.2 Å². The van der Waals surface area contributed by atoms with E-state index in [0.29, 0.717) is 15.0 Å². The molecule has 0 fully saturated rings. The second-order valence-electron chi connectivity index (χ2n) is 6.51. The Bertz CT molecular complexity index is 1020. The highest BCUT2D eigenvalue weighted by Crippen LogP contribution is 2.26. The molecule has 0 radical (unpaired) electrons. The molecule has 150 valence electrons. The summed E-state index contributed by atoms with van der Waals surface area (Å²) in [5, 5.41) is 14.0. The van der Waals surface area contributed by atoms with Crippen LogP contribution in [0.5, 0.6) is 0 Å². The van der Waals surface area contributed by atoms with Crippen LogP contribution in [0.2, 0.25) is 0 Å². The number of carbonyl (C=O) groups is 2. The lowest BCUT2D eigenvalue weighted by Gasteiger charge is -2.05. The number of amides is 2. The van der Waals surface area contributed by atoms with Crippen molar-refractivity contribution in [1.29, 1.82) is 0 Å². The van der Waals surface area contributed by atoms with E-state index in [0.717, 1.165) is 23.2 Å². The predicted molar refractivity (Wildman–Crippen MR) is 119 cm³/mol. The molecule has 0 spiro atoms. The van der Waals surface area contributed by atoms with Crippen molar-refractivity contribution >= 4 is 45.7 Å². The Morgan fingerprint density at radius 2 is 1.76 bits per heavy atom. The molecule has 2 aromatic carbocycles. The lowest BCUT2D eigenvalue weighted by atomic mass is 10.1. The summed E-state index contributed by atoms with van der Waals surface area (Å²) in [6.07, 6.45) is 0.962. The average molecular weight is 427 g/mol. The number of aryl methyl sites for hydroxylation is 3. The van der Waals surface area contributed by atoms with E-state index in [1.54, 1.807) is 6.07 Å². The first-order chi connectivity index (χ1) is 13.9. The maximum Gasteiger partial charge on any atom is 0.257 e. The van der Waals surface area contributed by atoms with Gasteiger partial charge < -0.3 is 5.32 Å². The van der Waals surface area contributed by atoms with Crippen LogP contribution in [-0.4, -0.2) is 27.8 Å². The molecule has 29 heavy (non-hydrogen) atoms. The van der Waals surface area contributed by atoms with Gasteiger partial charge in [0.1, 0.15) is 0 Å². The van der Waals surface area contributed by atoms with Crippen molar-refractivity contribution < 1.29 is 9.59 Å². The van der Waals surface area contributed by atoms with Crippen LogP contribution in [-0.2, 0) is 11.2 Å². The summed E-state index contributed by atoms with van der Waals surface area (Å²) in [7, 11) is 0. The number of nitrogens with one attached hydrogen (secondary N) is 2. The number of benzene rings is 2. The summed E-state index contributed by atoms with van der Waals surface area (Å²) < 4.78 is 0.622. The fourth-order valence-electron chi connectivity index (χ4n) is 2.52. The first-order valence-corrected chi connectivity index (χ1v) is 11.0. The molecule has 8 heteroatoms.